The molecule has 8 nitrogen and oxygen atoms in total. The van der Waals surface area contributed by atoms with Crippen LogP contribution in [0.5, 0.6) is 0 Å². The molecule has 0 saturated carbocycles. The van der Waals surface area contributed by atoms with Gasteiger partial charge < -0.3 is 14.8 Å². The minimum atomic E-state index is -1.12. The van der Waals surface area contributed by atoms with Crippen LogP contribution in [0.15, 0.2) is 24.3 Å². The summed E-state index contributed by atoms with van der Waals surface area (Å²) in [6, 6.07) is 5.23. The Bertz CT molecular complexity index is 696. The van der Waals surface area contributed by atoms with E-state index in [2.05, 4.69) is 5.32 Å². The Kier molecular flexibility index (Phi) is 7.06. The van der Waals surface area contributed by atoms with E-state index in [0.29, 0.717) is 19.6 Å². The SMILES string of the molecule is CC(C)OCCCNC(=O)COC(=O)[C@H](C)N1C(=O)c2ccccc2C1=O. The summed E-state index contributed by atoms with van der Waals surface area (Å²) >= 11 is 0. The number of rotatable bonds is 9. The first-order valence-electron chi connectivity index (χ1n) is 8.84. The molecule has 0 aliphatic carbocycles. The molecule has 0 radical (unpaired) electrons. The van der Waals surface area contributed by atoms with Crippen LogP contribution in [-0.4, -0.2) is 60.5 Å². The van der Waals surface area contributed by atoms with Crippen molar-refractivity contribution in [2.75, 3.05) is 19.8 Å². The zero-order valence-corrected chi connectivity index (χ0v) is 15.7. The number of fused-ring (bicyclic) bond motifs is 1. The highest BCUT2D eigenvalue weighted by molar-refractivity contribution is 6.22. The Morgan fingerprint density at radius 2 is 1.67 bits per heavy atom. The molecule has 27 heavy (non-hydrogen) atoms. The van der Waals surface area contributed by atoms with Crippen molar-refractivity contribution in [1.29, 1.82) is 0 Å². The zero-order chi connectivity index (χ0) is 20.0. The van der Waals surface area contributed by atoms with E-state index in [-0.39, 0.29) is 17.2 Å². The largest absolute Gasteiger partial charge is 0.454 e. The lowest BCUT2D eigenvalue weighted by atomic mass is 10.1. The van der Waals surface area contributed by atoms with E-state index in [1.165, 1.54) is 19.1 Å². The number of amides is 3. The van der Waals surface area contributed by atoms with Gasteiger partial charge in [-0.05, 0) is 39.3 Å². The first-order chi connectivity index (χ1) is 12.8. The molecule has 3 amide bonds. The fraction of sp³-hybridized carbons (Fsp3) is 0.474. The van der Waals surface area contributed by atoms with Crippen LogP contribution in [0.1, 0.15) is 47.9 Å². The highest BCUT2D eigenvalue weighted by Gasteiger charge is 2.41. The van der Waals surface area contributed by atoms with Gasteiger partial charge in [0.1, 0.15) is 6.04 Å². The number of esters is 1. The van der Waals surface area contributed by atoms with Crippen molar-refractivity contribution in [3.8, 4) is 0 Å². The molecule has 2 rings (SSSR count). The average Bonchev–Trinajstić information content (AvgIpc) is 2.89. The molecule has 1 N–H and O–H groups in total. The summed E-state index contributed by atoms with van der Waals surface area (Å²) < 4.78 is 10.3. The van der Waals surface area contributed by atoms with Crippen LogP contribution in [0.4, 0.5) is 0 Å². The van der Waals surface area contributed by atoms with E-state index in [4.69, 9.17) is 9.47 Å². The molecule has 0 aromatic heterocycles. The topological polar surface area (TPSA) is 102 Å². The summed E-state index contributed by atoms with van der Waals surface area (Å²) in [7, 11) is 0. The normalized spacial score (nSPS) is 14.3. The number of nitrogens with zero attached hydrogens (tertiary/aromatic N) is 1. The van der Waals surface area contributed by atoms with Crippen LogP contribution in [0.25, 0.3) is 0 Å². The third kappa shape index (κ3) is 5.13. The zero-order valence-electron chi connectivity index (χ0n) is 15.7. The fourth-order valence-electron chi connectivity index (χ4n) is 2.59. The molecule has 1 heterocycles. The number of hydrogen-bond donors (Lipinski definition) is 1. The maximum atomic E-state index is 12.3. The van der Waals surface area contributed by atoms with Crippen LogP contribution in [-0.2, 0) is 19.1 Å². The standard InChI is InChI=1S/C19H24N2O6/c1-12(2)26-10-6-9-20-16(22)11-27-19(25)13(3)21-17(23)14-7-4-5-8-15(14)18(21)24/h4-5,7-8,12-13H,6,9-11H2,1-3H3,(H,20,22)/t13-/m0/s1. The van der Waals surface area contributed by atoms with E-state index in [1.807, 2.05) is 13.8 Å². The summed E-state index contributed by atoms with van der Waals surface area (Å²) in [5.74, 6) is -2.37. The predicted octanol–water partition coefficient (Wildman–Crippen LogP) is 1.15. The predicted molar refractivity (Wildman–Crippen MR) is 96.1 cm³/mol. The van der Waals surface area contributed by atoms with Gasteiger partial charge in [0.15, 0.2) is 6.61 Å². The van der Waals surface area contributed by atoms with E-state index >= 15 is 0 Å². The lowest BCUT2D eigenvalue weighted by Gasteiger charge is -2.20. The monoisotopic (exact) mass is 376 g/mol. The van der Waals surface area contributed by atoms with Crippen molar-refractivity contribution < 1.29 is 28.7 Å². The number of carbonyl (C=O) groups is 4. The van der Waals surface area contributed by atoms with E-state index in [1.54, 1.807) is 12.1 Å². The van der Waals surface area contributed by atoms with Crippen molar-refractivity contribution in [2.24, 2.45) is 0 Å². The molecule has 0 spiro atoms. The van der Waals surface area contributed by atoms with Crippen molar-refractivity contribution >= 4 is 23.7 Å². The van der Waals surface area contributed by atoms with Gasteiger partial charge in [-0.2, -0.15) is 0 Å². The van der Waals surface area contributed by atoms with Crippen molar-refractivity contribution in [3.63, 3.8) is 0 Å². The third-order valence-electron chi connectivity index (χ3n) is 3.99. The maximum Gasteiger partial charge on any atom is 0.329 e. The van der Waals surface area contributed by atoms with Gasteiger partial charge in [0.2, 0.25) is 0 Å². The van der Waals surface area contributed by atoms with Crippen LogP contribution in [0.3, 0.4) is 0 Å². The number of benzene rings is 1. The molecular formula is C19H24N2O6. The minimum Gasteiger partial charge on any atom is -0.454 e. The molecule has 0 fully saturated rings. The van der Waals surface area contributed by atoms with Gasteiger partial charge in [0.05, 0.1) is 17.2 Å². The number of nitrogens with one attached hydrogen (secondary N) is 1. The molecular weight excluding hydrogens is 352 g/mol. The summed E-state index contributed by atoms with van der Waals surface area (Å²) in [5.41, 5.74) is 0.506. The highest BCUT2D eigenvalue weighted by Crippen LogP contribution is 2.24. The fourth-order valence-corrected chi connectivity index (χ4v) is 2.59. The van der Waals surface area contributed by atoms with Gasteiger partial charge in [-0.15, -0.1) is 0 Å². The minimum absolute atomic E-state index is 0.130. The first-order valence-corrected chi connectivity index (χ1v) is 8.84. The van der Waals surface area contributed by atoms with Crippen molar-refractivity contribution in [2.45, 2.75) is 39.3 Å². The molecule has 0 unspecified atom stereocenters. The third-order valence-corrected chi connectivity index (χ3v) is 3.99. The Labute approximate surface area is 157 Å². The van der Waals surface area contributed by atoms with Crippen molar-refractivity contribution in [1.82, 2.24) is 10.2 Å². The van der Waals surface area contributed by atoms with Crippen LogP contribution in [0, 0.1) is 0 Å². The van der Waals surface area contributed by atoms with Crippen molar-refractivity contribution in [3.05, 3.63) is 35.4 Å². The highest BCUT2D eigenvalue weighted by atomic mass is 16.5. The molecule has 1 aliphatic rings. The molecule has 8 heteroatoms. The molecule has 0 bridgehead atoms. The second-order valence-electron chi connectivity index (χ2n) is 6.43. The van der Waals surface area contributed by atoms with Crippen LogP contribution in [0.2, 0.25) is 0 Å². The van der Waals surface area contributed by atoms with E-state index < -0.39 is 36.3 Å². The van der Waals surface area contributed by atoms with E-state index in [9.17, 15) is 19.2 Å². The Hall–Kier alpha value is -2.74. The summed E-state index contributed by atoms with van der Waals surface area (Å²) in [6.45, 7) is 5.69. The summed E-state index contributed by atoms with van der Waals surface area (Å²) in [4.78, 5) is 49.4. The molecule has 146 valence electrons. The Morgan fingerprint density at radius 3 is 2.22 bits per heavy atom. The Balaban J connectivity index is 1.79. The molecule has 0 saturated heterocycles. The molecule has 1 aliphatic heterocycles. The lowest BCUT2D eigenvalue weighted by molar-refractivity contribution is -0.151. The quantitative estimate of drug-likeness (QED) is 0.394. The number of ether oxygens (including phenoxy) is 2. The Morgan fingerprint density at radius 1 is 1.07 bits per heavy atom. The molecule has 1 atom stereocenters. The second kappa shape index (κ2) is 9.27. The van der Waals surface area contributed by atoms with E-state index in [0.717, 1.165) is 4.90 Å². The van der Waals surface area contributed by atoms with Crippen LogP contribution < -0.4 is 5.32 Å². The van der Waals surface area contributed by atoms with Crippen LogP contribution >= 0.6 is 0 Å². The van der Waals surface area contributed by atoms with Gasteiger partial charge in [-0.3, -0.25) is 19.3 Å². The second-order valence-corrected chi connectivity index (χ2v) is 6.43. The lowest BCUT2D eigenvalue weighted by Crippen LogP contribution is -2.44. The number of hydrogen-bond acceptors (Lipinski definition) is 6. The van der Waals surface area contributed by atoms with Gasteiger partial charge in [-0.1, -0.05) is 12.1 Å². The van der Waals surface area contributed by atoms with Gasteiger partial charge in [-0.25, -0.2) is 4.79 Å². The molecule has 1 aromatic rings. The molecule has 1 aromatic carbocycles. The maximum absolute atomic E-state index is 12.3. The number of carbonyl (C=O) groups excluding carboxylic acids is 4. The van der Waals surface area contributed by atoms with Gasteiger partial charge in [0, 0.05) is 13.2 Å². The first kappa shape index (κ1) is 20.6. The summed E-state index contributed by atoms with van der Waals surface area (Å²) in [6.07, 6.45) is 0.772. The summed E-state index contributed by atoms with van der Waals surface area (Å²) in [5, 5.41) is 2.61. The smallest absolute Gasteiger partial charge is 0.329 e. The number of imide groups is 1. The van der Waals surface area contributed by atoms with Gasteiger partial charge >= 0.3 is 5.97 Å². The average molecular weight is 376 g/mol. The van der Waals surface area contributed by atoms with Gasteiger partial charge in [0.25, 0.3) is 17.7 Å².